The van der Waals surface area contributed by atoms with E-state index in [1.165, 1.54) is 45.4 Å². The van der Waals surface area contributed by atoms with E-state index in [2.05, 4.69) is 35.4 Å². The molecule has 0 aromatic heterocycles. The maximum atomic E-state index is 4.20. The van der Waals surface area contributed by atoms with Gasteiger partial charge in [0.2, 0.25) is 0 Å². The van der Waals surface area contributed by atoms with Gasteiger partial charge in [0.15, 0.2) is 0 Å². The Bertz CT molecular complexity index is 159. The minimum Gasteiger partial charge on any atom is -0.306 e. The number of hydrogen-bond acceptors (Lipinski definition) is 4. The lowest BCUT2D eigenvalue weighted by Crippen LogP contribution is -2.37. The summed E-state index contributed by atoms with van der Waals surface area (Å²) in [4.78, 5) is 4.99. The minimum absolute atomic E-state index is 0.919. The van der Waals surface area contributed by atoms with Crippen LogP contribution in [0.5, 0.6) is 0 Å². The number of rotatable bonds is 6. The molecule has 0 N–H and O–H groups in total. The summed E-state index contributed by atoms with van der Waals surface area (Å²) in [6.45, 7) is 7.31. The molecule has 90 valence electrons. The molecule has 1 rings (SSSR count). The standard InChI is InChI=1S/C11H24N2S2/c1-3-6-12(2)9-11-4-7-13(8-5-11)10-15-14/h11,14H,3-10H2,1-2H3. The van der Waals surface area contributed by atoms with E-state index in [9.17, 15) is 0 Å². The van der Waals surface area contributed by atoms with E-state index in [1.54, 1.807) is 10.8 Å². The summed E-state index contributed by atoms with van der Waals surface area (Å²) in [6, 6.07) is 0. The summed E-state index contributed by atoms with van der Waals surface area (Å²) in [5, 5.41) is 0. The molecule has 2 nitrogen and oxygen atoms in total. The van der Waals surface area contributed by atoms with Crippen molar-refractivity contribution in [2.45, 2.75) is 26.2 Å². The molecule has 1 aliphatic heterocycles. The third-order valence-electron chi connectivity index (χ3n) is 3.12. The quantitative estimate of drug-likeness (QED) is 0.570. The molecule has 0 spiro atoms. The second kappa shape index (κ2) is 7.82. The van der Waals surface area contributed by atoms with E-state index in [0.717, 1.165) is 11.8 Å². The second-order valence-electron chi connectivity index (χ2n) is 4.58. The molecule has 0 saturated carbocycles. The topological polar surface area (TPSA) is 6.48 Å². The Morgan fingerprint density at radius 3 is 2.60 bits per heavy atom. The van der Waals surface area contributed by atoms with Gasteiger partial charge >= 0.3 is 0 Å². The number of nitrogens with zero attached hydrogens (tertiary/aromatic N) is 2. The summed E-state index contributed by atoms with van der Waals surface area (Å²) in [5.74, 6) is 2.00. The lowest BCUT2D eigenvalue weighted by atomic mass is 9.97. The smallest absolute Gasteiger partial charge is 0.0546 e. The monoisotopic (exact) mass is 248 g/mol. The normalized spacial score (nSPS) is 20.0. The molecule has 0 amide bonds. The summed E-state index contributed by atoms with van der Waals surface area (Å²) >= 11 is 4.20. The average molecular weight is 248 g/mol. The highest BCUT2D eigenvalue weighted by atomic mass is 33.1. The molecule has 0 aromatic rings. The zero-order valence-corrected chi connectivity index (χ0v) is 11.7. The number of likely N-dealkylation sites (tertiary alicyclic amines) is 1. The van der Waals surface area contributed by atoms with Gasteiger partial charge in [0, 0.05) is 6.54 Å². The molecule has 0 radical (unpaired) electrons. The van der Waals surface area contributed by atoms with Crippen LogP contribution in [0.15, 0.2) is 0 Å². The van der Waals surface area contributed by atoms with Gasteiger partial charge in [-0.25, -0.2) is 0 Å². The van der Waals surface area contributed by atoms with Crippen LogP contribution >= 0.6 is 22.5 Å². The number of hydrogen-bond donors (Lipinski definition) is 1. The van der Waals surface area contributed by atoms with E-state index >= 15 is 0 Å². The van der Waals surface area contributed by atoms with Gasteiger partial charge < -0.3 is 4.90 Å². The van der Waals surface area contributed by atoms with Crippen LogP contribution in [0.3, 0.4) is 0 Å². The third-order valence-corrected chi connectivity index (χ3v) is 3.95. The second-order valence-corrected chi connectivity index (χ2v) is 5.87. The van der Waals surface area contributed by atoms with E-state index in [-0.39, 0.29) is 0 Å². The third kappa shape index (κ3) is 5.48. The number of piperidine rings is 1. The SMILES string of the molecule is CCCN(C)CC1CCN(CSS)CC1. The van der Waals surface area contributed by atoms with Crippen LogP contribution < -0.4 is 0 Å². The highest BCUT2D eigenvalue weighted by Crippen LogP contribution is 2.20. The largest absolute Gasteiger partial charge is 0.306 e. The molecule has 1 fully saturated rings. The van der Waals surface area contributed by atoms with Crippen molar-refractivity contribution in [2.24, 2.45) is 5.92 Å². The fraction of sp³-hybridized carbons (Fsp3) is 1.00. The lowest BCUT2D eigenvalue weighted by molar-refractivity contribution is 0.172. The molecule has 0 aromatic carbocycles. The van der Waals surface area contributed by atoms with Crippen molar-refractivity contribution in [1.29, 1.82) is 0 Å². The van der Waals surface area contributed by atoms with E-state index in [4.69, 9.17) is 0 Å². The molecular formula is C11H24N2S2. The molecule has 0 bridgehead atoms. The Hall–Kier alpha value is 0.620. The van der Waals surface area contributed by atoms with Crippen LogP contribution in [-0.2, 0) is 0 Å². The molecule has 0 unspecified atom stereocenters. The first kappa shape index (κ1) is 13.7. The molecule has 15 heavy (non-hydrogen) atoms. The molecule has 0 atom stereocenters. The Kier molecular flexibility index (Phi) is 7.14. The molecule has 0 aliphatic carbocycles. The summed E-state index contributed by atoms with van der Waals surface area (Å²) in [5.41, 5.74) is 0. The average Bonchev–Trinajstić information content (AvgIpc) is 2.22. The summed E-state index contributed by atoms with van der Waals surface area (Å²) < 4.78 is 0. The fourth-order valence-corrected chi connectivity index (χ4v) is 3.20. The first-order chi connectivity index (χ1) is 7.26. The van der Waals surface area contributed by atoms with Gasteiger partial charge in [0.25, 0.3) is 0 Å². The van der Waals surface area contributed by atoms with Crippen LogP contribution in [0, 0.1) is 5.92 Å². The molecule has 1 saturated heterocycles. The molecule has 1 heterocycles. The Balaban J connectivity index is 2.14. The summed E-state index contributed by atoms with van der Waals surface area (Å²) in [7, 11) is 3.89. The number of thiol groups is 1. The van der Waals surface area contributed by atoms with Crippen LogP contribution in [-0.4, -0.2) is 48.9 Å². The van der Waals surface area contributed by atoms with Crippen molar-refractivity contribution in [3.63, 3.8) is 0 Å². The van der Waals surface area contributed by atoms with Gasteiger partial charge in [0.05, 0.1) is 5.88 Å². The van der Waals surface area contributed by atoms with Crippen molar-refractivity contribution in [2.75, 3.05) is 39.1 Å². The van der Waals surface area contributed by atoms with Crippen molar-refractivity contribution in [3.8, 4) is 0 Å². The van der Waals surface area contributed by atoms with Crippen molar-refractivity contribution < 1.29 is 0 Å². The van der Waals surface area contributed by atoms with Crippen LogP contribution in [0.1, 0.15) is 26.2 Å². The Labute approximate surface area is 104 Å². The van der Waals surface area contributed by atoms with Crippen LogP contribution in [0.2, 0.25) is 0 Å². The van der Waals surface area contributed by atoms with Gasteiger partial charge in [-0.15, -0.1) is 11.7 Å². The van der Waals surface area contributed by atoms with E-state index in [0.29, 0.717) is 0 Å². The zero-order valence-electron chi connectivity index (χ0n) is 9.98. The predicted molar refractivity (Wildman–Crippen MR) is 73.5 cm³/mol. The maximum Gasteiger partial charge on any atom is 0.0546 e. The molecule has 4 heteroatoms. The summed E-state index contributed by atoms with van der Waals surface area (Å²) in [6.07, 6.45) is 4.00. The Morgan fingerprint density at radius 1 is 1.40 bits per heavy atom. The first-order valence-corrected chi connectivity index (χ1v) is 7.97. The van der Waals surface area contributed by atoms with Gasteiger partial charge in [0.1, 0.15) is 0 Å². The lowest BCUT2D eigenvalue weighted by Gasteiger charge is -2.33. The minimum atomic E-state index is 0.919. The first-order valence-electron chi connectivity index (χ1n) is 5.93. The highest BCUT2D eigenvalue weighted by molar-refractivity contribution is 8.68. The zero-order chi connectivity index (χ0) is 11.1. The highest BCUT2D eigenvalue weighted by Gasteiger charge is 2.19. The maximum absolute atomic E-state index is 4.20. The van der Waals surface area contributed by atoms with Gasteiger partial charge in [-0.3, -0.25) is 4.90 Å². The van der Waals surface area contributed by atoms with E-state index in [1.807, 2.05) is 0 Å². The van der Waals surface area contributed by atoms with E-state index < -0.39 is 0 Å². The molecular weight excluding hydrogens is 224 g/mol. The van der Waals surface area contributed by atoms with Crippen molar-refractivity contribution >= 4 is 22.5 Å². The van der Waals surface area contributed by atoms with Gasteiger partial charge in [-0.1, -0.05) is 17.7 Å². The van der Waals surface area contributed by atoms with Crippen LogP contribution in [0.25, 0.3) is 0 Å². The molecule has 1 aliphatic rings. The van der Waals surface area contributed by atoms with Gasteiger partial charge in [-0.05, 0) is 51.9 Å². The fourth-order valence-electron chi connectivity index (χ4n) is 2.29. The van der Waals surface area contributed by atoms with Crippen molar-refractivity contribution in [1.82, 2.24) is 9.80 Å². The van der Waals surface area contributed by atoms with Crippen LogP contribution in [0.4, 0.5) is 0 Å². The predicted octanol–water partition coefficient (Wildman–Crippen LogP) is 2.58. The van der Waals surface area contributed by atoms with Gasteiger partial charge in [-0.2, -0.15) is 0 Å². The van der Waals surface area contributed by atoms with Crippen molar-refractivity contribution in [3.05, 3.63) is 0 Å². The Morgan fingerprint density at radius 2 is 2.07 bits per heavy atom.